The summed E-state index contributed by atoms with van der Waals surface area (Å²) in [5.74, 6) is 1.92. The van der Waals surface area contributed by atoms with Crippen molar-refractivity contribution in [1.29, 1.82) is 0 Å². The Labute approximate surface area is 127 Å². The summed E-state index contributed by atoms with van der Waals surface area (Å²) in [5.41, 5.74) is 5.74. The molecule has 0 spiro atoms. The number of benzene rings is 1. The second kappa shape index (κ2) is 6.10. The van der Waals surface area contributed by atoms with E-state index in [1.165, 1.54) is 12.1 Å². The largest absolute Gasteiger partial charge is 0.396 e. The number of nitrogens with one attached hydrogen (secondary N) is 1. The van der Waals surface area contributed by atoms with Crippen LogP contribution in [0.4, 0.5) is 5.69 Å². The van der Waals surface area contributed by atoms with Crippen LogP contribution in [0.2, 0.25) is 10.0 Å². The summed E-state index contributed by atoms with van der Waals surface area (Å²) < 4.78 is 27.2. The number of nitrogens with two attached hydrogens (primary N) is 1. The Morgan fingerprint density at radius 3 is 2.53 bits per heavy atom. The molecule has 0 bridgehead atoms. The molecule has 1 aromatic rings. The fourth-order valence-electron chi connectivity index (χ4n) is 1.86. The Bertz CT molecular complexity index is 572. The predicted octanol–water partition coefficient (Wildman–Crippen LogP) is 2.75. The van der Waals surface area contributed by atoms with Crippen LogP contribution in [0, 0.1) is 0 Å². The maximum Gasteiger partial charge on any atom is 0.242 e. The molecular formula is C11H14Cl2N2O2S2. The Morgan fingerprint density at radius 2 is 1.89 bits per heavy atom. The lowest BCUT2D eigenvalue weighted by Crippen LogP contribution is -2.37. The lowest BCUT2D eigenvalue weighted by Gasteiger charge is -2.22. The van der Waals surface area contributed by atoms with Gasteiger partial charge in [0.1, 0.15) is 4.90 Å². The van der Waals surface area contributed by atoms with Crippen LogP contribution in [-0.4, -0.2) is 26.0 Å². The van der Waals surface area contributed by atoms with Gasteiger partial charge in [0.15, 0.2) is 0 Å². The van der Waals surface area contributed by atoms with E-state index in [1.807, 2.05) is 11.8 Å². The van der Waals surface area contributed by atoms with Crippen LogP contribution in [-0.2, 0) is 10.0 Å². The summed E-state index contributed by atoms with van der Waals surface area (Å²) in [7, 11) is -3.66. The Kier molecular flexibility index (Phi) is 4.89. The van der Waals surface area contributed by atoms with Gasteiger partial charge in [-0.15, -0.1) is 0 Å². The van der Waals surface area contributed by atoms with Crippen LogP contribution in [0.1, 0.15) is 12.8 Å². The van der Waals surface area contributed by atoms with E-state index in [4.69, 9.17) is 28.9 Å². The molecule has 1 aliphatic rings. The zero-order chi connectivity index (χ0) is 14.0. The summed E-state index contributed by atoms with van der Waals surface area (Å²) in [6, 6.07) is 2.77. The molecule has 0 radical (unpaired) electrons. The van der Waals surface area contributed by atoms with Crippen LogP contribution in [0.25, 0.3) is 0 Å². The molecule has 1 aromatic carbocycles. The van der Waals surface area contributed by atoms with Crippen molar-refractivity contribution in [2.45, 2.75) is 23.8 Å². The second-order valence-electron chi connectivity index (χ2n) is 4.28. The third kappa shape index (κ3) is 3.49. The SMILES string of the molecule is Nc1c(Cl)ccc(S(=O)(=O)NC2CCSCC2)c1Cl. The zero-order valence-electron chi connectivity index (χ0n) is 10.0. The summed E-state index contributed by atoms with van der Waals surface area (Å²) in [5, 5.41) is 0.225. The van der Waals surface area contributed by atoms with E-state index in [9.17, 15) is 8.42 Å². The van der Waals surface area contributed by atoms with Gasteiger partial charge in [-0.25, -0.2) is 13.1 Å². The fourth-order valence-corrected chi connectivity index (χ4v) is 5.03. The van der Waals surface area contributed by atoms with Crippen molar-refractivity contribution in [3.8, 4) is 0 Å². The Hall–Kier alpha value is -0.140. The summed E-state index contributed by atoms with van der Waals surface area (Å²) in [6.07, 6.45) is 1.65. The predicted molar refractivity (Wildman–Crippen MR) is 81.5 cm³/mol. The highest BCUT2D eigenvalue weighted by Gasteiger charge is 2.25. The van der Waals surface area contributed by atoms with Crippen LogP contribution < -0.4 is 10.5 Å². The first kappa shape index (κ1) is 15.3. The van der Waals surface area contributed by atoms with Gasteiger partial charge in [-0.2, -0.15) is 11.8 Å². The van der Waals surface area contributed by atoms with Crippen molar-refractivity contribution in [3.63, 3.8) is 0 Å². The quantitative estimate of drug-likeness (QED) is 0.830. The van der Waals surface area contributed by atoms with Gasteiger partial charge >= 0.3 is 0 Å². The lowest BCUT2D eigenvalue weighted by atomic mass is 10.2. The van der Waals surface area contributed by atoms with Gasteiger partial charge in [0.05, 0.1) is 15.7 Å². The molecule has 0 atom stereocenters. The van der Waals surface area contributed by atoms with Gasteiger partial charge in [-0.1, -0.05) is 23.2 Å². The van der Waals surface area contributed by atoms with Gasteiger partial charge in [0, 0.05) is 6.04 Å². The van der Waals surface area contributed by atoms with Crippen molar-refractivity contribution in [1.82, 2.24) is 4.72 Å². The number of anilines is 1. The molecule has 0 aliphatic carbocycles. The topological polar surface area (TPSA) is 72.2 Å². The van der Waals surface area contributed by atoms with E-state index in [0.29, 0.717) is 0 Å². The molecule has 1 saturated heterocycles. The molecular weight excluding hydrogens is 327 g/mol. The monoisotopic (exact) mass is 340 g/mol. The molecule has 8 heteroatoms. The van der Waals surface area contributed by atoms with Crippen LogP contribution in [0.5, 0.6) is 0 Å². The number of sulfonamides is 1. The van der Waals surface area contributed by atoms with Gasteiger partial charge in [0.25, 0.3) is 0 Å². The number of hydrogen-bond donors (Lipinski definition) is 2. The Balaban J connectivity index is 2.26. The molecule has 1 heterocycles. The highest BCUT2D eigenvalue weighted by atomic mass is 35.5. The smallest absolute Gasteiger partial charge is 0.242 e. The normalized spacial score (nSPS) is 17.6. The van der Waals surface area contributed by atoms with E-state index in [0.717, 1.165) is 24.3 Å². The Morgan fingerprint density at radius 1 is 1.26 bits per heavy atom. The minimum Gasteiger partial charge on any atom is -0.396 e. The van der Waals surface area contributed by atoms with Crippen molar-refractivity contribution in [3.05, 3.63) is 22.2 Å². The molecule has 3 N–H and O–H groups in total. The van der Waals surface area contributed by atoms with E-state index < -0.39 is 10.0 Å². The molecule has 0 aromatic heterocycles. The molecule has 2 rings (SSSR count). The third-order valence-corrected chi connectivity index (χ3v) is 6.38. The first-order valence-electron chi connectivity index (χ1n) is 5.75. The average Bonchev–Trinajstić information content (AvgIpc) is 2.36. The van der Waals surface area contributed by atoms with E-state index in [2.05, 4.69) is 4.72 Å². The minimum atomic E-state index is -3.66. The van der Waals surface area contributed by atoms with Gasteiger partial charge < -0.3 is 5.73 Å². The molecule has 4 nitrogen and oxygen atoms in total. The first-order chi connectivity index (χ1) is 8.92. The van der Waals surface area contributed by atoms with Crippen molar-refractivity contribution in [2.75, 3.05) is 17.2 Å². The zero-order valence-corrected chi connectivity index (χ0v) is 13.2. The lowest BCUT2D eigenvalue weighted by molar-refractivity contribution is 0.529. The molecule has 0 unspecified atom stereocenters. The summed E-state index contributed by atoms with van der Waals surface area (Å²) in [4.78, 5) is -0.0192. The minimum absolute atomic E-state index is 0.0192. The third-order valence-electron chi connectivity index (χ3n) is 2.92. The first-order valence-corrected chi connectivity index (χ1v) is 9.15. The highest BCUT2D eigenvalue weighted by molar-refractivity contribution is 7.99. The molecule has 1 aliphatic heterocycles. The molecule has 1 fully saturated rings. The summed E-state index contributed by atoms with van der Waals surface area (Å²) >= 11 is 13.6. The fraction of sp³-hybridized carbons (Fsp3) is 0.455. The van der Waals surface area contributed by atoms with Gasteiger partial charge in [-0.05, 0) is 36.5 Å². The molecule has 0 amide bonds. The average molecular weight is 341 g/mol. The van der Waals surface area contributed by atoms with Crippen LogP contribution in [0.15, 0.2) is 17.0 Å². The molecule has 106 valence electrons. The number of thioether (sulfide) groups is 1. The van der Waals surface area contributed by atoms with Crippen molar-refractivity contribution in [2.24, 2.45) is 0 Å². The number of rotatable bonds is 3. The van der Waals surface area contributed by atoms with Crippen molar-refractivity contribution < 1.29 is 8.42 Å². The van der Waals surface area contributed by atoms with Gasteiger partial charge in [0.2, 0.25) is 10.0 Å². The number of hydrogen-bond acceptors (Lipinski definition) is 4. The van der Waals surface area contributed by atoms with Crippen LogP contribution in [0.3, 0.4) is 0 Å². The van der Waals surface area contributed by atoms with Gasteiger partial charge in [-0.3, -0.25) is 0 Å². The van der Waals surface area contributed by atoms with Crippen LogP contribution >= 0.6 is 35.0 Å². The van der Waals surface area contributed by atoms with Crippen molar-refractivity contribution >= 4 is 50.7 Å². The molecule has 0 saturated carbocycles. The van der Waals surface area contributed by atoms with E-state index in [1.54, 1.807) is 0 Å². The maximum absolute atomic E-state index is 12.3. The number of nitrogen functional groups attached to an aromatic ring is 1. The van der Waals surface area contributed by atoms with E-state index >= 15 is 0 Å². The second-order valence-corrected chi connectivity index (χ2v) is 7.97. The number of halogens is 2. The molecule has 19 heavy (non-hydrogen) atoms. The van der Waals surface area contributed by atoms with E-state index in [-0.39, 0.29) is 26.7 Å². The standard InChI is InChI=1S/C11H14Cl2N2O2S2/c12-8-1-2-9(10(13)11(8)14)19(16,17)15-7-3-5-18-6-4-7/h1-2,7,15H,3-6,14H2. The summed E-state index contributed by atoms with van der Waals surface area (Å²) in [6.45, 7) is 0. The highest BCUT2D eigenvalue weighted by Crippen LogP contribution is 2.33. The maximum atomic E-state index is 12.3.